The van der Waals surface area contributed by atoms with Crippen LogP contribution in [0.4, 0.5) is 4.39 Å². The summed E-state index contributed by atoms with van der Waals surface area (Å²) in [6.07, 6.45) is 5.83. The smallest absolute Gasteiger partial charge is 0.309 e. The van der Waals surface area contributed by atoms with Gasteiger partial charge in [-0.3, -0.25) is 14.5 Å². The van der Waals surface area contributed by atoms with Crippen LogP contribution in [0, 0.1) is 11.7 Å². The number of amides is 1. The Bertz CT molecular complexity index is 1440. The molecule has 176 valence electrons. The molecular weight excluding hydrogens is 437 g/mol. The van der Waals surface area contributed by atoms with E-state index in [9.17, 15) is 19.2 Å². The number of carbonyl (C=O) groups excluding carboxylic acids is 1. The molecule has 4 heterocycles. The van der Waals surface area contributed by atoms with E-state index in [4.69, 9.17) is 0 Å². The fourth-order valence-electron chi connectivity index (χ4n) is 4.87. The van der Waals surface area contributed by atoms with Crippen molar-refractivity contribution >= 4 is 27.7 Å². The number of pyridine rings is 2. The number of hydrogen-bond acceptors (Lipinski definition) is 5. The minimum absolute atomic E-state index is 0.0254. The number of nitrogens with zero attached hydrogens (tertiary/aromatic N) is 5. The van der Waals surface area contributed by atoms with E-state index in [1.165, 1.54) is 18.3 Å². The van der Waals surface area contributed by atoms with E-state index in [0.29, 0.717) is 29.8 Å². The Morgan fingerprint density at radius 1 is 1.21 bits per heavy atom. The topological polar surface area (TPSA) is 83.6 Å². The van der Waals surface area contributed by atoms with E-state index in [0.717, 1.165) is 35.0 Å². The first-order valence-corrected chi connectivity index (χ1v) is 11.2. The molecule has 0 unspecified atom stereocenters. The van der Waals surface area contributed by atoms with E-state index in [1.807, 2.05) is 10.8 Å². The lowest BCUT2D eigenvalue weighted by atomic mass is 10.1. The van der Waals surface area contributed by atoms with Gasteiger partial charge in [0.1, 0.15) is 11.3 Å². The van der Waals surface area contributed by atoms with Crippen LogP contribution in [-0.4, -0.2) is 62.4 Å². The molecule has 1 N–H and O–H groups in total. The summed E-state index contributed by atoms with van der Waals surface area (Å²) in [4.78, 5) is 33.2. The second-order valence-electron chi connectivity index (χ2n) is 9.11. The zero-order chi connectivity index (χ0) is 24.0. The average Bonchev–Trinajstić information content (AvgIpc) is 3.42. The van der Waals surface area contributed by atoms with Crippen LogP contribution >= 0.6 is 0 Å². The molecule has 8 nitrogen and oxygen atoms in total. The molecule has 0 radical (unpaired) electrons. The van der Waals surface area contributed by atoms with Gasteiger partial charge in [-0.15, -0.1) is 0 Å². The van der Waals surface area contributed by atoms with Crippen molar-refractivity contribution in [1.82, 2.24) is 24.1 Å². The molecule has 0 bridgehead atoms. The SMILES string of the molecule is CN(C)C(=O)[C@@H]1CCN(Cc2cn(Cc3ccc(F)cc3)c3cnc4c(=O)n(O)ccc4c23)C1. The van der Waals surface area contributed by atoms with E-state index in [2.05, 4.69) is 9.88 Å². The summed E-state index contributed by atoms with van der Waals surface area (Å²) in [5.41, 5.74) is 2.42. The van der Waals surface area contributed by atoms with Gasteiger partial charge in [-0.25, -0.2) is 9.37 Å². The van der Waals surface area contributed by atoms with Crippen molar-refractivity contribution in [3.63, 3.8) is 0 Å². The highest BCUT2D eigenvalue weighted by Gasteiger charge is 2.30. The molecular formula is C25H26FN5O3. The molecule has 1 amide bonds. The van der Waals surface area contributed by atoms with Gasteiger partial charge in [0.15, 0.2) is 0 Å². The second kappa shape index (κ2) is 8.57. The average molecular weight is 464 g/mol. The molecule has 0 saturated carbocycles. The second-order valence-corrected chi connectivity index (χ2v) is 9.11. The van der Waals surface area contributed by atoms with Crippen molar-refractivity contribution in [3.8, 4) is 0 Å². The number of carbonyl (C=O) groups is 1. The predicted molar refractivity (Wildman–Crippen MR) is 126 cm³/mol. The van der Waals surface area contributed by atoms with Crippen molar-refractivity contribution in [1.29, 1.82) is 0 Å². The molecule has 1 aromatic carbocycles. The summed E-state index contributed by atoms with van der Waals surface area (Å²) in [5.74, 6) is -0.174. The van der Waals surface area contributed by atoms with Gasteiger partial charge in [0.2, 0.25) is 5.91 Å². The lowest BCUT2D eigenvalue weighted by Crippen LogP contribution is -2.31. The third-order valence-electron chi connectivity index (χ3n) is 6.55. The Hall–Kier alpha value is -3.72. The maximum atomic E-state index is 13.4. The van der Waals surface area contributed by atoms with Gasteiger partial charge < -0.3 is 14.7 Å². The lowest BCUT2D eigenvalue weighted by molar-refractivity contribution is -0.132. The Labute approximate surface area is 195 Å². The molecule has 1 aliphatic rings. The molecule has 1 atom stereocenters. The summed E-state index contributed by atoms with van der Waals surface area (Å²) in [7, 11) is 3.56. The Morgan fingerprint density at radius 3 is 2.71 bits per heavy atom. The zero-order valence-corrected chi connectivity index (χ0v) is 19.1. The molecule has 1 fully saturated rings. The number of aromatic nitrogens is 3. The first kappa shape index (κ1) is 22.1. The van der Waals surface area contributed by atoms with Gasteiger partial charge in [-0.1, -0.05) is 12.1 Å². The third kappa shape index (κ3) is 3.92. The van der Waals surface area contributed by atoms with Crippen LogP contribution in [0.15, 0.2) is 53.7 Å². The van der Waals surface area contributed by atoms with Crippen molar-refractivity contribution in [2.45, 2.75) is 19.5 Å². The maximum absolute atomic E-state index is 13.4. The minimum Gasteiger partial charge on any atom is -0.425 e. The quantitative estimate of drug-likeness (QED) is 0.460. The Balaban J connectivity index is 1.57. The van der Waals surface area contributed by atoms with Gasteiger partial charge in [-0.05, 0) is 42.3 Å². The first-order chi connectivity index (χ1) is 16.3. The molecule has 34 heavy (non-hydrogen) atoms. The van der Waals surface area contributed by atoms with Gasteiger partial charge >= 0.3 is 5.56 Å². The third-order valence-corrected chi connectivity index (χ3v) is 6.55. The van der Waals surface area contributed by atoms with E-state index in [-0.39, 0.29) is 23.2 Å². The predicted octanol–water partition coefficient (Wildman–Crippen LogP) is 2.69. The molecule has 3 aromatic heterocycles. The van der Waals surface area contributed by atoms with E-state index in [1.54, 1.807) is 43.4 Å². The molecule has 0 spiro atoms. The number of fused-ring (bicyclic) bond motifs is 3. The summed E-state index contributed by atoms with van der Waals surface area (Å²) in [6.45, 7) is 2.61. The Morgan fingerprint density at radius 2 is 1.97 bits per heavy atom. The van der Waals surface area contributed by atoms with Crippen LogP contribution < -0.4 is 5.56 Å². The lowest BCUT2D eigenvalue weighted by Gasteiger charge is -2.18. The normalized spacial score (nSPS) is 16.5. The van der Waals surface area contributed by atoms with Crippen molar-refractivity contribution in [2.24, 2.45) is 5.92 Å². The van der Waals surface area contributed by atoms with Crippen LogP contribution in [0.5, 0.6) is 0 Å². The van der Waals surface area contributed by atoms with Gasteiger partial charge in [0.25, 0.3) is 0 Å². The zero-order valence-electron chi connectivity index (χ0n) is 19.1. The van der Waals surface area contributed by atoms with Gasteiger partial charge in [-0.2, -0.15) is 4.73 Å². The summed E-state index contributed by atoms with van der Waals surface area (Å²) in [5, 5.41) is 11.4. The van der Waals surface area contributed by atoms with Crippen LogP contribution in [0.3, 0.4) is 0 Å². The van der Waals surface area contributed by atoms with Crippen molar-refractivity contribution in [2.75, 3.05) is 27.2 Å². The monoisotopic (exact) mass is 463 g/mol. The number of likely N-dealkylation sites (tertiary alicyclic amines) is 1. The highest BCUT2D eigenvalue weighted by molar-refractivity contribution is 6.06. The first-order valence-electron chi connectivity index (χ1n) is 11.2. The van der Waals surface area contributed by atoms with Gasteiger partial charge in [0, 0.05) is 56.9 Å². The molecule has 1 saturated heterocycles. The minimum atomic E-state index is -0.575. The maximum Gasteiger partial charge on any atom is 0.309 e. The molecule has 4 aromatic rings. The van der Waals surface area contributed by atoms with E-state index < -0.39 is 5.56 Å². The number of halogens is 1. The van der Waals surface area contributed by atoms with Crippen LogP contribution in [0.25, 0.3) is 21.8 Å². The van der Waals surface area contributed by atoms with Crippen LogP contribution in [-0.2, 0) is 17.9 Å². The Kier molecular flexibility index (Phi) is 5.57. The molecule has 1 aliphatic heterocycles. The number of rotatable bonds is 5. The number of hydrogen-bond donors (Lipinski definition) is 1. The molecule has 9 heteroatoms. The highest BCUT2D eigenvalue weighted by Crippen LogP contribution is 2.30. The largest absolute Gasteiger partial charge is 0.425 e. The van der Waals surface area contributed by atoms with Crippen molar-refractivity contribution < 1.29 is 14.4 Å². The van der Waals surface area contributed by atoms with Crippen LogP contribution in [0.1, 0.15) is 17.5 Å². The summed E-state index contributed by atoms with van der Waals surface area (Å²) >= 11 is 0. The van der Waals surface area contributed by atoms with Crippen molar-refractivity contribution in [3.05, 3.63) is 76.2 Å². The highest BCUT2D eigenvalue weighted by atomic mass is 19.1. The standard InChI is InChI=1S/C25H26FN5O3/c1-28(2)24(32)17-7-9-29(13-17)14-18-15-30(12-16-3-5-19(26)6-4-16)21-11-27-23-20(22(18)21)8-10-31(34)25(23)33/h3-6,8,10-11,15,17,34H,7,9,12-14H2,1-2H3/t17-/m1/s1. The molecule has 0 aliphatic carbocycles. The van der Waals surface area contributed by atoms with Crippen LogP contribution in [0.2, 0.25) is 0 Å². The fraction of sp³-hybridized carbons (Fsp3) is 0.320. The fourth-order valence-corrected chi connectivity index (χ4v) is 4.87. The summed E-state index contributed by atoms with van der Waals surface area (Å²) < 4.78 is 16.0. The molecule has 5 rings (SSSR count). The number of benzene rings is 1. The summed E-state index contributed by atoms with van der Waals surface area (Å²) in [6, 6.07) is 8.06. The van der Waals surface area contributed by atoms with E-state index >= 15 is 0 Å². The van der Waals surface area contributed by atoms with Gasteiger partial charge in [0.05, 0.1) is 17.6 Å².